The van der Waals surface area contributed by atoms with Gasteiger partial charge in [0.2, 0.25) is 0 Å². The average Bonchev–Trinajstić information content (AvgIpc) is 3.61. The minimum atomic E-state index is -1.11. The Morgan fingerprint density at radius 3 is 2.21 bits per heavy atom. The Labute approximate surface area is 283 Å². The molecule has 2 spiro atoms. The van der Waals surface area contributed by atoms with Gasteiger partial charge in [-0.15, -0.1) is 0 Å². The van der Waals surface area contributed by atoms with Crippen molar-refractivity contribution in [3.8, 4) is 11.5 Å². The minimum absolute atomic E-state index is 0. The van der Waals surface area contributed by atoms with E-state index in [2.05, 4.69) is 35.1 Å². The van der Waals surface area contributed by atoms with E-state index in [0.29, 0.717) is 23.8 Å². The number of hydrogen-bond donors (Lipinski definition) is 3. The van der Waals surface area contributed by atoms with Crippen molar-refractivity contribution in [3.63, 3.8) is 0 Å². The summed E-state index contributed by atoms with van der Waals surface area (Å²) in [7, 11) is 5.96. The Balaban J connectivity index is 0.000000146. The highest BCUT2D eigenvalue weighted by molar-refractivity contribution is 5.98. The summed E-state index contributed by atoms with van der Waals surface area (Å²) in [5.74, 6) is 2.32. The first kappa shape index (κ1) is 33.0. The highest BCUT2D eigenvalue weighted by atomic mass is 16.5. The summed E-state index contributed by atoms with van der Waals surface area (Å²) < 4.78 is 18.2. The summed E-state index contributed by atoms with van der Waals surface area (Å²) in [5, 5.41) is 31.0. The number of likely N-dealkylation sites (tertiary alicyclic amines) is 2. The number of methoxy groups -OCH3 is 1. The van der Waals surface area contributed by atoms with Crippen LogP contribution in [0.3, 0.4) is 0 Å². The van der Waals surface area contributed by atoms with Crippen LogP contribution in [0.1, 0.15) is 61.1 Å². The molecule has 2 aromatic carbocycles. The Morgan fingerprint density at radius 1 is 0.875 bits per heavy atom. The second-order valence-corrected chi connectivity index (χ2v) is 14.3. The van der Waals surface area contributed by atoms with E-state index in [1.807, 2.05) is 25.2 Å². The van der Waals surface area contributed by atoms with E-state index in [1.54, 1.807) is 13.2 Å². The number of nitrogens with zero attached hydrogens (tertiary/aromatic N) is 2. The SMILES string of the molecule is C.C.CN1CC[C@]23c4c5ccc(CO)c4O[C@H]2C(=O)C=C[C@@]3(O)[C@H]1C5.COC1=CC=C2[C@H]3Cc4ccc(CO)c5c4[C@@]2(CCN3C)[C@H]1O5. The lowest BCUT2D eigenvalue weighted by atomic mass is 9.51. The first-order valence-electron chi connectivity index (χ1n) is 16.4. The molecule has 7 atom stereocenters. The van der Waals surface area contributed by atoms with Crippen molar-refractivity contribution >= 4 is 5.78 Å². The summed E-state index contributed by atoms with van der Waals surface area (Å²) in [5.41, 5.74) is 5.87. The van der Waals surface area contributed by atoms with E-state index in [1.165, 1.54) is 22.8 Å². The van der Waals surface area contributed by atoms with Gasteiger partial charge in [-0.2, -0.15) is 0 Å². The van der Waals surface area contributed by atoms with E-state index in [-0.39, 0.29) is 51.4 Å². The van der Waals surface area contributed by atoms with Gasteiger partial charge in [-0.25, -0.2) is 0 Å². The molecule has 48 heavy (non-hydrogen) atoms. The number of aliphatic hydroxyl groups is 3. The van der Waals surface area contributed by atoms with Crippen molar-refractivity contribution in [1.82, 2.24) is 9.80 Å². The zero-order valence-electron chi connectivity index (χ0n) is 26.5. The van der Waals surface area contributed by atoms with Gasteiger partial charge < -0.3 is 29.5 Å². The minimum Gasteiger partial charge on any atom is -0.497 e. The maximum atomic E-state index is 12.5. The molecule has 2 fully saturated rings. The third kappa shape index (κ3) is 3.71. The molecule has 4 aliphatic carbocycles. The first-order valence-corrected chi connectivity index (χ1v) is 16.4. The molecule has 0 unspecified atom stereocenters. The third-order valence-electron chi connectivity index (χ3n) is 12.6. The van der Waals surface area contributed by atoms with Crippen molar-refractivity contribution in [3.05, 3.63) is 93.3 Å². The predicted octanol–water partition coefficient (Wildman–Crippen LogP) is 3.49. The zero-order valence-corrected chi connectivity index (χ0v) is 26.5. The number of ether oxygens (including phenoxy) is 3. The van der Waals surface area contributed by atoms with Crippen LogP contribution in [-0.2, 0) is 46.4 Å². The standard InChI is InChI=1S/C19H21NO3.C18H19NO4.2CH4/c1-20-8-7-19-13-5-6-15(22-2)18(19)23-17-12(10-21)4-3-11(16(17)19)9-14(13)20;1-19-7-6-17-14-10-2-3-11(9-20)15(14)23-16(17)12(21)4-5-18(17,22)13(19)8-10;;/h3-6,14,18,21H,7-10H2,1-2H3;2-5,13,16,20,22H,6-9H2,1H3;2*1H4/t14-,18+,19+;13-,16+,17+,18-;;/m11../s1. The number of allylic oxidation sites excluding steroid dienone is 2. The molecule has 2 aromatic rings. The molecule has 4 heterocycles. The van der Waals surface area contributed by atoms with Crippen molar-refractivity contribution < 1.29 is 34.3 Å². The lowest BCUT2D eigenvalue weighted by molar-refractivity contribution is -0.151. The maximum Gasteiger partial charge on any atom is 0.196 e. The van der Waals surface area contributed by atoms with Crippen LogP contribution in [0.2, 0.25) is 0 Å². The molecule has 0 aromatic heterocycles. The van der Waals surface area contributed by atoms with Crippen LogP contribution < -0.4 is 9.47 Å². The van der Waals surface area contributed by atoms with Gasteiger partial charge in [0.1, 0.15) is 22.9 Å². The van der Waals surface area contributed by atoms with E-state index >= 15 is 0 Å². The highest BCUT2D eigenvalue weighted by Gasteiger charge is 2.71. The largest absolute Gasteiger partial charge is 0.497 e. The molecule has 4 aliphatic heterocycles. The van der Waals surface area contributed by atoms with Crippen molar-refractivity contribution in [2.24, 2.45) is 0 Å². The van der Waals surface area contributed by atoms with E-state index in [4.69, 9.17) is 14.2 Å². The summed E-state index contributed by atoms with van der Waals surface area (Å²) in [4.78, 5) is 17.2. The number of benzene rings is 2. The van der Waals surface area contributed by atoms with Gasteiger partial charge >= 0.3 is 0 Å². The van der Waals surface area contributed by atoms with Gasteiger partial charge in [0.05, 0.1) is 31.2 Å². The van der Waals surface area contributed by atoms with Gasteiger partial charge in [0.25, 0.3) is 0 Å². The molecule has 256 valence electrons. The lowest BCUT2D eigenvalue weighted by Crippen LogP contribution is -2.74. The molecule has 8 aliphatic rings. The second-order valence-electron chi connectivity index (χ2n) is 14.3. The second kappa shape index (κ2) is 11.0. The van der Waals surface area contributed by atoms with Crippen LogP contribution >= 0.6 is 0 Å². The monoisotopic (exact) mass is 656 g/mol. The number of hydrogen-bond acceptors (Lipinski definition) is 9. The summed E-state index contributed by atoms with van der Waals surface area (Å²) in [6.07, 6.45) is 10.2. The number of piperidine rings is 2. The number of aliphatic hydroxyl groups excluding tert-OH is 2. The van der Waals surface area contributed by atoms with Gasteiger partial charge in [-0.05, 0) is 87.8 Å². The molecule has 3 N–H and O–H groups in total. The fourth-order valence-corrected chi connectivity index (χ4v) is 10.5. The highest BCUT2D eigenvalue weighted by Crippen LogP contribution is 2.63. The smallest absolute Gasteiger partial charge is 0.196 e. The summed E-state index contributed by atoms with van der Waals surface area (Å²) >= 11 is 0. The normalized spacial score (nSPS) is 35.2. The first-order chi connectivity index (χ1) is 22.2. The zero-order chi connectivity index (χ0) is 31.7. The maximum absolute atomic E-state index is 12.5. The van der Waals surface area contributed by atoms with E-state index in [0.717, 1.165) is 60.6 Å². The average molecular weight is 657 g/mol. The molecule has 9 heteroatoms. The molecule has 0 amide bonds. The van der Waals surface area contributed by atoms with Gasteiger partial charge in [-0.3, -0.25) is 14.6 Å². The molecule has 4 bridgehead atoms. The molecule has 9 nitrogen and oxygen atoms in total. The quantitative estimate of drug-likeness (QED) is 0.457. The lowest BCUT2D eigenvalue weighted by Gasteiger charge is -2.60. The fraction of sp³-hybridized carbons (Fsp3) is 0.513. The molecular formula is C39H48N2O7. The molecule has 2 saturated heterocycles. The predicted molar refractivity (Wildman–Crippen MR) is 182 cm³/mol. The molecule has 10 rings (SSSR count). The fourth-order valence-electron chi connectivity index (χ4n) is 10.5. The Bertz CT molecular complexity index is 1800. The number of carbonyl (C=O) groups excluding carboxylic acids is 1. The number of carbonyl (C=O) groups is 1. The van der Waals surface area contributed by atoms with Gasteiger partial charge in [0, 0.05) is 34.3 Å². The topological polar surface area (TPSA) is 112 Å². The number of ketones is 1. The van der Waals surface area contributed by atoms with Crippen LogP contribution in [0.4, 0.5) is 0 Å². The third-order valence-corrected chi connectivity index (χ3v) is 12.6. The van der Waals surface area contributed by atoms with Crippen molar-refractivity contribution in [2.45, 2.75) is 94.5 Å². The molecular weight excluding hydrogens is 608 g/mol. The van der Waals surface area contributed by atoms with Crippen LogP contribution in [0.15, 0.2) is 59.9 Å². The van der Waals surface area contributed by atoms with Crippen LogP contribution in [0, 0.1) is 0 Å². The Hall–Kier alpha value is -3.47. The summed E-state index contributed by atoms with van der Waals surface area (Å²) in [6, 6.07) is 8.47. The van der Waals surface area contributed by atoms with Crippen LogP contribution in [0.25, 0.3) is 0 Å². The number of rotatable bonds is 3. The molecule has 0 radical (unpaired) electrons. The van der Waals surface area contributed by atoms with Crippen molar-refractivity contribution in [2.75, 3.05) is 34.3 Å². The Kier molecular flexibility index (Phi) is 7.59. The number of likely N-dealkylation sites (N-methyl/N-ethyl adjacent to an activating group) is 2. The summed E-state index contributed by atoms with van der Waals surface area (Å²) in [6.45, 7) is 1.76. The van der Waals surface area contributed by atoms with Crippen LogP contribution in [0.5, 0.6) is 11.5 Å². The van der Waals surface area contributed by atoms with Gasteiger partial charge in [-0.1, -0.05) is 45.2 Å². The Morgan fingerprint density at radius 2 is 1.52 bits per heavy atom. The van der Waals surface area contributed by atoms with E-state index < -0.39 is 17.1 Å². The van der Waals surface area contributed by atoms with Crippen LogP contribution in [-0.4, -0.2) is 95.1 Å². The van der Waals surface area contributed by atoms with Crippen molar-refractivity contribution in [1.29, 1.82) is 0 Å². The van der Waals surface area contributed by atoms with E-state index in [9.17, 15) is 20.1 Å². The van der Waals surface area contributed by atoms with Gasteiger partial charge in [0.15, 0.2) is 18.0 Å². The molecule has 0 saturated carbocycles.